The van der Waals surface area contributed by atoms with Gasteiger partial charge in [-0.05, 0) is 42.0 Å². The molecule has 1 saturated carbocycles. The van der Waals surface area contributed by atoms with Gasteiger partial charge in [-0.15, -0.1) is 0 Å². The molecular formula is C19H21NO3. The van der Waals surface area contributed by atoms with Gasteiger partial charge in [0.05, 0.1) is 13.2 Å². The molecule has 2 aromatic carbocycles. The molecule has 120 valence electrons. The number of nitrogens with one attached hydrogen (secondary N) is 1. The molecule has 1 amide bonds. The molecule has 0 aliphatic heterocycles. The SMILES string of the molecule is COc1cccc(C(O)C(=O)NC(c2ccccc2)C2CC2)c1. The van der Waals surface area contributed by atoms with E-state index in [0.29, 0.717) is 17.2 Å². The highest BCUT2D eigenvalue weighted by Crippen LogP contribution is 2.41. The predicted octanol–water partition coefficient (Wildman–Crippen LogP) is 3.00. The third-order valence-electron chi connectivity index (χ3n) is 4.21. The number of methoxy groups -OCH3 is 1. The van der Waals surface area contributed by atoms with Crippen molar-refractivity contribution in [3.63, 3.8) is 0 Å². The Morgan fingerprint density at radius 1 is 1.13 bits per heavy atom. The van der Waals surface area contributed by atoms with Gasteiger partial charge >= 0.3 is 0 Å². The lowest BCUT2D eigenvalue weighted by Crippen LogP contribution is -2.34. The maximum absolute atomic E-state index is 12.5. The van der Waals surface area contributed by atoms with E-state index in [1.807, 2.05) is 30.3 Å². The molecule has 2 unspecified atom stereocenters. The smallest absolute Gasteiger partial charge is 0.253 e. The summed E-state index contributed by atoms with van der Waals surface area (Å²) in [6, 6.07) is 16.8. The Morgan fingerprint density at radius 3 is 2.48 bits per heavy atom. The number of aliphatic hydroxyl groups is 1. The molecule has 4 heteroatoms. The van der Waals surface area contributed by atoms with Crippen molar-refractivity contribution in [2.24, 2.45) is 5.92 Å². The van der Waals surface area contributed by atoms with Crippen molar-refractivity contribution in [1.82, 2.24) is 5.32 Å². The number of hydrogen-bond acceptors (Lipinski definition) is 3. The normalized spacial score (nSPS) is 16.4. The quantitative estimate of drug-likeness (QED) is 0.862. The van der Waals surface area contributed by atoms with Crippen molar-refractivity contribution in [2.75, 3.05) is 7.11 Å². The first-order valence-electron chi connectivity index (χ1n) is 7.86. The van der Waals surface area contributed by atoms with Gasteiger partial charge in [0.2, 0.25) is 0 Å². The molecule has 3 rings (SSSR count). The number of benzene rings is 2. The largest absolute Gasteiger partial charge is 0.497 e. The van der Waals surface area contributed by atoms with Crippen LogP contribution < -0.4 is 10.1 Å². The highest BCUT2D eigenvalue weighted by atomic mass is 16.5. The Balaban J connectivity index is 1.74. The van der Waals surface area contributed by atoms with Crippen molar-refractivity contribution >= 4 is 5.91 Å². The highest BCUT2D eigenvalue weighted by Gasteiger charge is 2.34. The van der Waals surface area contributed by atoms with Crippen LogP contribution >= 0.6 is 0 Å². The summed E-state index contributed by atoms with van der Waals surface area (Å²) in [4.78, 5) is 12.5. The van der Waals surface area contributed by atoms with E-state index >= 15 is 0 Å². The topological polar surface area (TPSA) is 58.6 Å². The average Bonchev–Trinajstić information content (AvgIpc) is 3.44. The zero-order valence-corrected chi connectivity index (χ0v) is 13.1. The van der Waals surface area contributed by atoms with Crippen molar-refractivity contribution in [3.05, 3.63) is 65.7 Å². The van der Waals surface area contributed by atoms with Crippen LogP contribution in [0.25, 0.3) is 0 Å². The van der Waals surface area contributed by atoms with Crippen molar-refractivity contribution in [2.45, 2.75) is 25.0 Å². The van der Waals surface area contributed by atoms with Gasteiger partial charge in [0.1, 0.15) is 5.75 Å². The van der Waals surface area contributed by atoms with Gasteiger partial charge in [0.25, 0.3) is 5.91 Å². The standard InChI is InChI=1S/C19H21NO3/c1-23-16-9-5-8-15(12-16)18(21)19(22)20-17(14-10-11-14)13-6-3-2-4-7-13/h2-9,12,14,17-18,21H,10-11H2,1H3,(H,20,22). The summed E-state index contributed by atoms with van der Waals surface area (Å²) in [5.74, 6) is 0.703. The molecule has 0 spiro atoms. The van der Waals surface area contributed by atoms with Gasteiger partial charge in [-0.2, -0.15) is 0 Å². The summed E-state index contributed by atoms with van der Waals surface area (Å²) < 4.78 is 5.14. The maximum atomic E-state index is 12.5. The lowest BCUT2D eigenvalue weighted by molar-refractivity contribution is -0.130. The molecule has 1 fully saturated rings. The van der Waals surface area contributed by atoms with E-state index in [-0.39, 0.29) is 11.9 Å². The molecule has 23 heavy (non-hydrogen) atoms. The fraction of sp³-hybridized carbons (Fsp3) is 0.316. The van der Waals surface area contributed by atoms with Gasteiger partial charge in [-0.3, -0.25) is 4.79 Å². The van der Waals surface area contributed by atoms with Gasteiger partial charge in [0.15, 0.2) is 6.10 Å². The minimum absolute atomic E-state index is 0.0380. The number of rotatable bonds is 6. The second-order valence-corrected chi connectivity index (χ2v) is 5.91. The lowest BCUT2D eigenvalue weighted by atomic mass is 10.0. The van der Waals surface area contributed by atoms with Crippen LogP contribution in [0, 0.1) is 5.92 Å². The Bertz CT molecular complexity index is 667. The first-order chi connectivity index (χ1) is 11.2. The van der Waals surface area contributed by atoms with E-state index in [4.69, 9.17) is 4.74 Å². The second kappa shape index (κ2) is 6.84. The molecular weight excluding hydrogens is 290 g/mol. The van der Waals surface area contributed by atoms with E-state index in [2.05, 4.69) is 5.32 Å². The molecule has 0 saturated heterocycles. The van der Waals surface area contributed by atoms with Crippen molar-refractivity contribution in [3.8, 4) is 5.75 Å². The summed E-state index contributed by atoms with van der Waals surface area (Å²) >= 11 is 0. The number of hydrogen-bond donors (Lipinski definition) is 2. The molecule has 0 aromatic heterocycles. The number of carbonyl (C=O) groups is 1. The fourth-order valence-corrected chi connectivity index (χ4v) is 2.76. The maximum Gasteiger partial charge on any atom is 0.253 e. The summed E-state index contributed by atoms with van der Waals surface area (Å²) in [5.41, 5.74) is 1.62. The van der Waals surface area contributed by atoms with E-state index in [1.54, 1.807) is 31.4 Å². The summed E-state index contributed by atoms with van der Waals surface area (Å²) in [5, 5.41) is 13.3. The number of aliphatic hydroxyl groups excluding tert-OH is 1. The first kappa shape index (κ1) is 15.6. The molecule has 0 bridgehead atoms. The third kappa shape index (κ3) is 3.71. The van der Waals surface area contributed by atoms with Crippen molar-refractivity contribution < 1.29 is 14.6 Å². The minimum atomic E-state index is -1.20. The molecule has 2 aromatic rings. The molecule has 0 heterocycles. The second-order valence-electron chi connectivity index (χ2n) is 5.91. The van der Waals surface area contributed by atoms with Crippen LogP contribution in [0.5, 0.6) is 5.75 Å². The molecule has 0 radical (unpaired) electrons. The summed E-state index contributed by atoms with van der Waals surface area (Å²) in [6.07, 6.45) is 1.01. The van der Waals surface area contributed by atoms with Gasteiger partial charge in [-0.25, -0.2) is 0 Å². The molecule has 4 nitrogen and oxygen atoms in total. The molecule has 2 N–H and O–H groups in total. The summed E-state index contributed by atoms with van der Waals surface area (Å²) in [7, 11) is 1.56. The van der Waals surface area contributed by atoms with E-state index in [9.17, 15) is 9.90 Å². The molecule has 1 aliphatic carbocycles. The Labute approximate surface area is 136 Å². The Hall–Kier alpha value is -2.33. The fourth-order valence-electron chi connectivity index (χ4n) is 2.76. The van der Waals surface area contributed by atoms with Gasteiger partial charge < -0.3 is 15.2 Å². The van der Waals surface area contributed by atoms with Crippen LogP contribution in [0.1, 0.15) is 36.1 Å². The van der Waals surface area contributed by atoms with Crippen LogP contribution in [0.4, 0.5) is 0 Å². The molecule has 1 aliphatic rings. The van der Waals surface area contributed by atoms with E-state index in [1.165, 1.54) is 0 Å². The van der Waals surface area contributed by atoms with Crippen LogP contribution in [0.3, 0.4) is 0 Å². The van der Waals surface area contributed by atoms with Crippen LogP contribution in [-0.4, -0.2) is 18.1 Å². The Kier molecular flexibility index (Phi) is 4.63. The lowest BCUT2D eigenvalue weighted by Gasteiger charge is -2.21. The van der Waals surface area contributed by atoms with Crippen LogP contribution in [0.2, 0.25) is 0 Å². The zero-order chi connectivity index (χ0) is 16.2. The predicted molar refractivity (Wildman–Crippen MR) is 88.0 cm³/mol. The number of carbonyl (C=O) groups excluding carboxylic acids is 1. The van der Waals surface area contributed by atoms with E-state index in [0.717, 1.165) is 18.4 Å². The van der Waals surface area contributed by atoms with Crippen molar-refractivity contribution in [1.29, 1.82) is 0 Å². The first-order valence-corrected chi connectivity index (χ1v) is 7.86. The van der Waals surface area contributed by atoms with E-state index < -0.39 is 6.10 Å². The number of ether oxygens (including phenoxy) is 1. The minimum Gasteiger partial charge on any atom is -0.497 e. The highest BCUT2D eigenvalue weighted by molar-refractivity contribution is 5.82. The van der Waals surface area contributed by atoms with Gasteiger partial charge in [-0.1, -0.05) is 42.5 Å². The number of amides is 1. The average molecular weight is 311 g/mol. The van der Waals surface area contributed by atoms with Gasteiger partial charge in [0, 0.05) is 0 Å². The zero-order valence-electron chi connectivity index (χ0n) is 13.1. The van der Waals surface area contributed by atoms with Crippen LogP contribution in [-0.2, 0) is 4.79 Å². The third-order valence-corrected chi connectivity index (χ3v) is 4.21. The van der Waals surface area contributed by atoms with Crippen LogP contribution in [0.15, 0.2) is 54.6 Å². The Morgan fingerprint density at radius 2 is 1.83 bits per heavy atom. The summed E-state index contributed by atoms with van der Waals surface area (Å²) in [6.45, 7) is 0. The molecule has 2 atom stereocenters. The monoisotopic (exact) mass is 311 g/mol.